The Morgan fingerprint density at radius 2 is 1.90 bits per heavy atom. The van der Waals surface area contributed by atoms with Crippen LogP contribution in [0.4, 0.5) is 0 Å². The number of halogens is 1. The highest BCUT2D eigenvalue weighted by molar-refractivity contribution is 14.0. The van der Waals surface area contributed by atoms with Crippen molar-refractivity contribution in [1.82, 2.24) is 15.5 Å². The predicted molar refractivity (Wildman–Crippen MR) is 133 cm³/mol. The fourth-order valence-electron chi connectivity index (χ4n) is 3.34. The Morgan fingerprint density at radius 1 is 1.20 bits per heavy atom. The van der Waals surface area contributed by atoms with Crippen LogP contribution in [-0.4, -0.2) is 80.7 Å². The van der Waals surface area contributed by atoms with Crippen molar-refractivity contribution in [3.05, 3.63) is 35.9 Å². The number of guanidine groups is 1. The Morgan fingerprint density at radius 3 is 2.53 bits per heavy atom. The molecule has 1 aromatic carbocycles. The van der Waals surface area contributed by atoms with Crippen molar-refractivity contribution in [2.24, 2.45) is 10.9 Å². The van der Waals surface area contributed by atoms with Gasteiger partial charge < -0.3 is 25.2 Å². The average Bonchev–Trinajstić information content (AvgIpc) is 2.73. The standard InChI is InChI=1S/C22H38N4O3.HI/c1-4-23-22(25-15-21(18(2)3)26-10-12-28-13-11-26)24-14-20(27)17-29-16-19-8-6-5-7-9-19;/h5-9,18,20-21,27H,4,10-17H2,1-3H3,(H2,23,24,25);1H. The summed E-state index contributed by atoms with van der Waals surface area (Å²) < 4.78 is 11.1. The lowest BCUT2D eigenvalue weighted by Gasteiger charge is -2.36. The zero-order chi connectivity index (χ0) is 20.9. The maximum atomic E-state index is 10.2. The van der Waals surface area contributed by atoms with Crippen LogP contribution in [0.25, 0.3) is 0 Å². The Bertz CT molecular complexity index is 583. The van der Waals surface area contributed by atoms with E-state index in [-0.39, 0.29) is 30.6 Å². The van der Waals surface area contributed by atoms with Gasteiger partial charge >= 0.3 is 0 Å². The molecule has 2 rings (SSSR count). The molecule has 1 aromatic rings. The number of aliphatic imine (C=N–C) groups is 1. The molecule has 0 aliphatic carbocycles. The maximum Gasteiger partial charge on any atom is 0.191 e. The van der Waals surface area contributed by atoms with Gasteiger partial charge in [-0.25, -0.2) is 0 Å². The van der Waals surface area contributed by atoms with Crippen LogP contribution in [0.15, 0.2) is 35.3 Å². The van der Waals surface area contributed by atoms with Gasteiger partial charge in [0.1, 0.15) is 0 Å². The number of aliphatic hydroxyl groups excluding tert-OH is 1. The van der Waals surface area contributed by atoms with Crippen molar-refractivity contribution in [3.8, 4) is 0 Å². The third-order valence-corrected chi connectivity index (χ3v) is 4.99. The summed E-state index contributed by atoms with van der Waals surface area (Å²) >= 11 is 0. The van der Waals surface area contributed by atoms with Crippen LogP contribution in [-0.2, 0) is 16.1 Å². The van der Waals surface area contributed by atoms with Gasteiger partial charge in [-0.05, 0) is 18.4 Å². The summed E-state index contributed by atoms with van der Waals surface area (Å²) in [5, 5.41) is 16.7. The van der Waals surface area contributed by atoms with Gasteiger partial charge in [-0.15, -0.1) is 24.0 Å². The molecule has 1 heterocycles. The second-order valence-corrected chi connectivity index (χ2v) is 7.71. The smallest absolute Gasteiger partial charge is 0.191 e. The Balaban J connectivity index is 0.00000450. The van der Waals surface area contributed by atoms with E-state index in [4.69, 9.17) is 14.5 Å². The summed E-state index contributed by atoms with van der Waals surface area (Å²) in [6, 6.07) is 10.4. The molecule has 2 unspecified atom stereocenters. The van der Waals surface area contributed by atoms with E-state index < -0.39 is 6.10 Å². The van der Waals surface area contributed by atoms with Gasteiger partial charge in [-0.3, -0.25) is 9.89 Å². The number of nitrogens with one attached hydrogen (secondary N) is 2. The van der Waals surface area contributed by atoms with E-state index in [2.05, 4.69) is 29.4 Å². The lowest BCUT2D eigenvalue weighted by Crippen LogP contribution is -2.48. The second kappa shape index (κ2) is 15.8. The third kappa shape index (κ3) is 10.4. The molecule has 0 bridgehead atoms. The minimum Gasteiger partial charge on any atom is -0.389 e. The van der Waals surface area contributed by atoms with Gasteiger partial charge in [0.2, 0.25) is 0 Å². The molecule has 1 aliphatic rings. The summed E-state index contributed by atoms with van der Waals surface area (Å²) in [7, 11) is 0. The van der Waals surface area contributed by atoms with Crippen molar-refractivity contribution in [1.29, 1.82) is 0 Å². The van der Waals surface area contributed by atoms with Gasteiger partial charge in [-0.2, -0.15) is 0 Å². The number of nitrogens with zero attached hydrogens (tertiary/aromatic N) is 2. The summed E-state index contributed by atoms with van der Waals surface area (Å²) in [6.45, 7) is 12.7. The fourth-order valence-corrected chi connectivity index (χ4v) is 3.34. The molecule has 0 saturated carbocycles. The summed E-state index contributed by atoms with van der Waals surface area (Å²) in [5.41, 5.74) is 1.10. The molecule has 2 atom stereocenters. The van der Waals surface area contributed by atoms with Crippen molar-refractivity contribution < 1.29 is 14.6 Å². The number of benzene rings is 1. The number of hydrogen-bond acceptors (Lipinski definition) is 5. The number of morpholine rings is 1. The molecular weight excluding hydrogens is 495 g/mol. The van der Waals surface area contributed by atoms with Crippen molar-refractivity contribution in [3.63, 3.8) is 0 Å². The fraction of sp³-hybridized carbons (Fsp3) is 0.682. The molecule has 8 heteroatoms. The van der Waals surface area contributed by atoms with E-state index in [1.54, 1.807) is 0 Å². The molecule has 1 fully saturated rings. The minimum absolute atomic E-state index is 0. The van der Waals surface area contributed by atoms with E-state index in [0.29, 0.717) is 31.7 Å². The third-order valence-electron chi connectivity index (χ3n) is 4.99. The summed E-state index contributed by atoms with van der Waals surface area (Å²) in [5.74, 6) is 1.24. The van der Waals surface area contributed by atoms with Crippen molar-refractivity contribution in [2.45, 2.75) is 39.5 Å². The molecule has 3 N–H and O–H groups in total. The van der Waals surface area contributed by atoms with Crippen molar-refractivity contribution in [2.75, 3.05) is 52.5 Å². The molecule has 7 nitrogen and oxygen atoms in total. The lowest BCUT2D eigenvalue weighted by atomic mass is 10.0. The van der Waals surface area contributed by atoms with Crippen LogP contribution >= 0.6 is 24.0 Å². The molecule has 0 aromatic heterocycles. The SMILES string of the molecule is CCNC(=NCC(C(C)C)N1CCOCC1)NCC(O)COCc1ccccc1.I. The van der Waals surface area contributed by atoms with Crippen LogP contribution in [0, 0.1) is 5.92 Å². The van der Waals surface area contributed by atoms with E-state index >= 15 is 0 Å². The largest absolute Gasteiger partial charge is 0.389 e. The highest BCUT2D eigenvalue weighted by atomic mass is 127. The zero-order valence-corrected chi connectivity index (χ0v) is 20.9. The first kappa shape index (κ1) is 27.1. The first-order valence-corrected chi connectivity index (χ1v) is 10.7. The van der Waals surface area contributed by atoms with Crippen LogP contribution in [0.5, 0.6) is 0 Å². The number of rotatable bonds is 11. The predicted octanol–water partition coefficient (Wildman–Crippen LogP) is 2.09. The monoisotopic (exact) mass is 534 g/mol. The first-order valence-electron chi connectivity index (χ1n) is 10.7. The molecule has 172 valence electrons. The molecule has 0 spiro atoms. The average molecular weight is 534 g/mol. The van der Waals surface area contributed by atoms with Crippen molar-refractivity contribution >= 4 is 29.9 Å². The molecule has 0 radical (unpaired) electrons. The topological polar surface area (TPSA) is 78.4 Å². The molecular formula is C22H39IN4O3. The molecule has 30 heavy (non-hydrogen) atoms. The Kier molecular flexibility index (Phi) is 14.3. The molecule has 1 aliphatic heterocycles. The van der Waals surface area contributed by atoms with E-state index in [1.165, 1.54) is 0 Å². The normalized spacial score (nSPS) is 17.3. The first-order chi connectivity index (χ1) is 14.1. The van der Waals surface area contributed by atoms with Gasteiger partial charge in [0.25, 0.3) is 0 Å². The Labute approximate surface area is 198 Å². The van der Waals surface area contributed by atoms with Gasteiger partial charge in [0.15, 0.2) is 5.96 Å². The van der Waals surface area contributed by atoms with Gasteiger partial charge in [0, 0.05) is 32.2 Å². The van der Waals surface area contributed by atoms with E-state index in [9.17, 15) is 5.11 Å². The number of hydrogen-bond donors (Lipinski definition) is 3. The molecule has 0 amide bonds. The van der Waals surface area contributed by atoms with Crippen LogP contribution in [0.2, 0.25) is 0 Å². The van der Waals surface area contributed by atoms with Crippen LogP contribution in [0.1, 0.15) is 26.3 Å². The Hall–Kier alpha value is -0.940. The van der Waals surface area contributed by atoms with Gasteiger partial charge in [0.05, 0.1) is 39.1 Å². The van der Waals surface area contributed by atoms with E-state index in [1.807, 2.05) is 37.3 Å². The lowest BCUT2D eigenvalue weighted by molar-refractivity contribution is 0.00865. The summed E-state index contributed by atoms with van der Waals surface area (Å²) in [4.78, 5) is 7.24. The van der Waals surface area contributed by atoms with Crippen LogP contribution in [0.3, 0.4) is 0 Å². The quantitative estimate of drug-likeness (QED) is 0.229. The van der Waals surface area contributed by atoms with Gasteiger partial charge in [-0.1, -0.05) is 44.2 Å². The number of ether oxygens (including phenoxy) is 2. The minimum atomic E-state index is -0.595. The highest BCUT2D eigenvalue weighted by Gasteiger charge is 2.23. The van der Waals surface area contributed by atoms with E-state index in [0.717, 1.165) is 44.4 Å². The zero-order valence-electron chi connectivity index (χ0n) is 18.5. The van der Waals surface area contributed by atoms with Crippen LogP contribution < -0.4 is 10.6 Å². The maximum absolute atomic E-state index is 10.2. The summed E-state index contributed by atoms with van der Waals surface area (Å²) in [6.07, 6.45) is -0.595. The number of aliphatic hydroxyl groups is 1. The highest BCUT2D eigenvalue weighted by Crippen LogP contribution is 2.13. The second-order valence-electron chi connectivity index (χ2n) is 7.71. The molecule has 1 saturated heterocycles.